The quantitative estimate of drug-likeness (QED) is 0.921. The Morgan fingerprint density at radius 3 is 3.00 bits per heavy atom. The average molecular weight is 278 g/mol. The molecule has 2 saturated heterocycles. The fourth-order valence-electron chi connectivity index (χ4n) is 3.08. The van der Waals surface area contributed by atoms with Gasteiger partial charge in [-0.15, -0.1) is 0 Å². The number of benzene rings is 1. The van der Waals surface area contributed by atoms with Crippen LogP contribution in [0.15, 0.2) is 24.3 Å². The maximum Gasteiger partial charge on any atom is 0.410 e. The van der Waals surface area contributed by atoms with Gasteiger partial charge in [0.25, 0.3) is 0 Å². The van der Waals surface area contributed by atoms with Crippen molar-refractivity contribution in [2.75, 3.05) is 19.6 Å². The van der Waals surface area contributed by atoms with Crippen molar-refractivity contribution in [3.63, 3.8) is 0 Å². The molecule has 20 heavy (non-hydrogen) atoms. The van der Waals surface area contributed by atoms with Crippen LogP contribution in [-0.2, 0) is 11.3 Å². The van der Waals surface area contributed by atoms with Gasteiger partial charge < -0.3 is 10.1 Å². The molecule has 1 aromatic carbocycles. The molecule has 0 aliphatic carbocycles. The molecule has 2 unspecified atom stereocenters. The average Bonchev–Trinajstić information content (AvgIpc) is 3.02. The molecule has 2 heterocycles. The Hall–Kier alpha value is -1.62. The summed E-state index contributed by atoms with van der Waals surface area (Å²) in [6.45, 7) is 4.60. The number of rotatable bonds is 3. The Balaban J connectivity index is 1.72. The van der Waals surface area contributed by atoms with E-state index in [1.807, 2.05) is 6.92 Å². The summed E-state index contributed by atoms with van der Waals surface area (Å²) in [4.78, 5) is 13.6. The highest BCUT2D eigenvalue weighted by molar-refractivity contribution is 5.70. The smallest absolute Gasteiger partial charge is 0.410 e. The summed E-state index contributed by atoms with van der Waals surface area (Å²) >= 11 is 0. The molecular weight excluding hydrogens is 259 g/mol. The maximum absolute atomic E-state index is 13.7. The Kier molecular flexibility index (Phi) is 3.38. The van der Waals surface area contributed by atoms with Gasteiger partial charge in [0, 0.05) is 18.0 Å². The molecule has 2 aliphatic heterocycles. The Morgan fingerprint density at radius 2 is 2.30 bits per heavy atom. The van der Waals surface area contributed by atoms with Gasteiger partial charge >= 0.3 is 6.09 Å². The predicted octanol–water partition coefficient (Wildman–Crippen LogP) is 2.15. The lowest BCUT2D eigenvalue weighted by Crippen LogP contribution is -2.40. The van der Waals surface area contributed by atoms with Crippen LogP contribution in [0.1, 0.15) is 18.9 Å². The molecule has 0 bridgehead atoms. The van der Waals surface area contributed by atoms with Gasteiger partial charge in [-0.2, -0.15) is 0 Å². The molecule has 0 saturated carbocycles. The summed E-state index contributed by atoms with van der Waals surface area (Å²) < 4.78 is 19.3. The van der Waals surface area contributed by atoms with Crippen molar-refractivity contribution < 1.29 is 13.9 Å². The van der Waals surface area contributed by atoms with Crippen LogP contribution in [0.5, 0.6) is 0 Å². The number of nitrogens with zero attached hydrogens (tertiary/aromatic N) is 1. The van der Waals surface area contributed by atoms with Crippen molar-refractivity contribution in [3.05, 3.63) is 35.6 Å². The van der Waals surface area contributed by atoms with E-state index in [1.54, 1.807) is 23.1 Å². The van der Waals surface area contributed by atoms with E-state index in [-0.39, 0.29) is 18.5 Å². The second-order valence-corrected chi connectivity index (χ2v) is 5.82. The summed E-state index contributed by atoms with van der Waals surface area (Å²) in [7, 11) is 0. The Morgan fingerprint density at radius 1 is 1.50 bits per heavy atom. The van der Waals surface area contributed by atoms with E-state index in [0.29, 0.717) is 18.0 Å². The molecule has 2 aliphatic rings. The summed E-state index contributed by atoms with van der Waals surface area (Å²) in [5.41, 5.74) is 0.0597. The monoisotopic (exact) mass is 278 g/mol. The SMILES string of the molecule is CC1(C2CCNC2)CN(Cc2ccccc2F)C(=O)O1. The van der Waals surface area contributed by atoms with Crippen molar-refractivity contribution in [1.82, 2.24) is 10.2 Å². The van der Waals surface area contributed by atoms with Crippen LogP contribution in [0.2, 0.25) is 0 Å². The first-order chi connectivity index (χ1) is 9.58. The molecular formula is C15H19FN2O2. The van der Waals surface area contributed by atoms with Crippen molar-refractivity contribution in [2.24, 2.45) is 5.92 Å². The van der Waals surface area contributed by atoms with Crippen LogP contribution < -0.4 is 5.32 Å². The zero-order valence-corrected chi connectivity index (χ0v) is 11.6. The zero-order valence-electron chi connectivity index (χ0n) is 11.6. The van der Waals surface area contributed by atoms with Crippen LogP contribution in [0.25, 0.3) is 0 Å². The highest BCUT2D eigenvalue weighted by atomic mass is 19.1. The molecule has 1 aromatic rings. The lowest BCUT2D eigenvalue weighted by atomic mass is 9.88. The first kappa shape index (κ1) is 13.4. The van der Waals surface area contributed by atoms with Gasteiger partial charge in [0.05, 0.1) is 13.1 Å². The lowest BCUT2D eigenvalue weighted by Gasteiger charge is -2.28. The number of carbonyl (C=O) groups is 1. The van der Waals surface area contributed by atoms with Crippen LogP contribution in [0.4, 0.5) is 9.18 Å². The highest BCUT2D eigenvalue weighted by Gasteiger charge is 2.47. The van der Waals surface area contributed by atoms with E-state index in [4.69, 9.17) is 4.74 Å². The lowest BCUT2D eigenvalue weighted by molar-refractivity contribution is 0.0287. The fourth-order valence-corrected chi connectivity index (χ4v) is 3.08. The third kappa shape index (κ3) is 2.38. The molecule has 0 spiro atoms. The molecule has 5 heteroatoms. The second kappa shape index (κ2) is 5.05. The van der Waals surface area contributed by atoms with Crippen LogP contribution >= 0.6 is 0 Å². The van der Waals surface area contributed by atoms with E-state index in [2.05, 4.69) is 5.32 Å². The predicted molar refractivity (Wildman–Crippen MR) is 72.7 cm³/mol. The minimum atomic E-state index is -0.466. The number of hydrogen-bond donors (Lipinski definition) is 1. The van der Waals surface area contributed by atoms with Gasteiger partial charge in [0.1, 0.15) is 11.4 Å². The molecule has 2 atom stereocenters. The highest BCUT2D eigenvalue weighted by Crippen LogP contribution is 2.34. The molecule has 2 fully saturated rings. The summed E-state index contributed by atoms with van der Waals surface area (Å²) in [6, 6.07) is 6.54. The molecule has 1 amide bonds. The van der Waals surface area contributed by atoms with Crippen LogP contribution in [0, 0.1) is 11.7 Å². The van der Waals surface area contributed by atoms with Crippen molar-refractivity contribution in [2.45, 2.75) is 25.5 Å². The van der Waals surface area contributed by atoms with Gasteiger partial charge in [-0.05, 0) is 26.0 Å². The van der Waals surface area contributed by atoms with Crippen molar-refractivity contribution in [3.8, 4) is 0 Å². The molecule has 108 valence electrons. The number of ether oxygens (including phenoxy) is 1. The van der Waals surface area contributed by atoms with Crippen molar-refractivity contribution >= 4 is 6.09 Å². The minimum absolute atomic E-state index is 0.265. The largest absolute Gasteiger partial charge is 0.441 e. The third-order valence-corrected chi connectivity index (χ3v) is 4.33. The summed E-state index contributed by atoms with van der Waals surface area (Å²) in [5.74, 6) is 0.0495. The number of halogens is 1. The summed E-state index contributed by atoms with van der Waals surface area (Å²) in [6.07, 6.45) is 0.666. The normalized spacial score (nSPS) is 29.8. The number of cyclic esters (lactones) is 1. The van der Waals surface area contributed by atoms with E-state index in [1.165, 1.54) is 6.07 Å². The van der Waals surface area contributed by atoms with Gasteiger partial charge in [-0.3, -0.25) is 4.90 Å². The van der Waals surface area contributed by atoms with E-state index in [9.17, 15) is 9.18 Å². The second-order valence-electron chi connectivity index (χ2n) is 5.82. The molecule has 0 aromatic heterocycles. The number of hydrogen-bond acceptors (Lipinski definition) is 3. The van der Waals surface area contributed by atoms with E-state index >= 15 is 0 Å². The van der Waals surface area contributed by atoms with Gasteiger partial charge in [-0.1, -0.05) is 18.2 Å². The fraction of sp³-hybridized carbons (Fsp3) is 0.533. The third-order valence-electron chi connectivity index (χ3n) is 4.33. The molecule has 0 radical (unpaired) electrons. The first-order valence-corrected chi connectivity index (χ1v) is 7.00. The summed E-state index contributed by atoms with van der Waals surface area (Å²) in [5, 5.41) is 3.29. The van der Waals surface area contributed by atoms with Gasteiger partial charge in [-0.25, -0.2) is 9.18 Å². The minimum Gasteiger partial charge on any atom is -0.441 e. The maximum atomic E-state index is 13.7. The van der Waals surface area contributed by atoms with Gasteiger partial charge in [0.2, 0.25) is 0 Å². The van der Waals surface area contributed by atoms with Crippen LogP contribution in [-0.4, -0.2) is 36.2 Å². The van der Waals surface area contributed by atoms with Gasteiger partial charge in [0.15, 0.2) is 0 Å². The zero-order chi connectivity index (χ0) is 14.2. The Bertz CT molecular complexity index is 516. The van der Waals surface area contributed by atoms with Crippen molar-refractivity contribution in [1.29, 1.82) is 0 Å². The number of amides is 1. The number of nitrogens with one attached hydrogen (secondary N) is 1. The molecule has 1 N–H and O–H groups in total. The molecule has 3 rings (SSSR count). The number of carbonyl (C=O) groups excluding carboxylic acids is 1. The first-order valence-electron chi connectivity index (χ1n) is 7.00. The molecule has 4 nitrogen and oxygen atoms in total. The van der Waals surface area contributed by atoms with E-state index < -0.39 is 5.60 Å². The standard InChI is InChI=1S/C15H19FN2O2/c1-15(12-6-7-17-8-12)10-18(14(19)20-15)9-11-4-2-3-5-13(11)16/h2-5,12,17H,6-10H2,1H3. The van der Waals surface area contributed by atoms with E-state index in [0.717, 1.165) is 19.5 Å². The van der Waals surface area contributed by atoms with Crippen LogP contribution in [0.3, 0.4) is 0 Å². The topological polar surface area (TPSA) is 41.6 Å². The Labute approximate surface area is 117 Å².